The highest BCUT2D eigenvalue weighted by Crippen LogP contribution is 2.15. The Hall–Kier alpha value is -3.26. The number of aromatic nitrogens is 2. The largest absolute Gasteiger partial charge is 0.332 e. The maximum absolute atomic E-state index is 12.6. The molecule has 2 aromatic carbocycles. The van der Waals surface area contributed by atoms with E-state index in [-0.39, 0.29) is 41.0 Å². The minimum atomic E-state index is -0.238. The summed E-state index contributed by atoms with van der Waals surface area (Å²) in [6.45, 7) is 3.81. The molecule has 0 bridgehead atoms. The summed E-state index contributed by atoms with van der Waals surface area (Å²) in [5.74, 6) is -0.419. The van der Waals surface area contributed by atoms with Crippen LogP contribution in [0.3, 0.4) is 0 Å². The number of carbonyl (C=O) groups is 2. The van der Waals surface area contributed by atoms with Crippen LogP contribution in [-0.2, 0) is 16.1 Å². The van der Waals surface area contributed by atoms with Crippen LogP contribution in [0.4, 0.5) is 11.4 Å². The smallest absolute Gasteiger partial charge is 0.262 e. The van der Waals surface area contributed by atoms with Crippen molar-refractivity contribution in [2.24, 2.45) is 5.92 Å². The zero-order chi connectivity index (χ0) is 21.0. The van der Waals surface area contributed by atoms with Crippen molar-refractivity contribution in [2.45, 2.75) is 26.8 Å². The molecule has 0 fully saturated rings. The summed E-state index contributed by atoms with van der Waals surface area (Å²) in [5, 5.41) is 6.10. The Labute approximate surface area is 172 Å². The second-order valence-corrected chi connectivity index (χ2v) is 7.34. The molecule has 0 atom stereocenters. The summed E-state index contributed by atoms with van der Waals surface area (Å²) >= 11 is 5.26. The molecule has 0 aliphatic rings. The highest BCUT2D eigenvalue weighted by atomic mass is 32.1. The van der Waals surface area contributed by atoms with E-state index in [9.17, 15) is 14.4 Å². The van der Waals surface area contributed by atoms with Gasteiger partial charge in [0.2, 0.25) is 11.8 Å². The zero-order valence-electron chi connectivity index (χ0n) is 16.2. The maximum atomic E-state index is 12.6. The Morgan fingerprint density at radius 2 is 1.66 bits per heavy atom. The fourth-order valence-corrected chi connectivity index (χ4v) is 3.05. The van der Waals surface area contributed by atoms with E-state index in [0.717, 1.165) is 0 Å². The first-order chi connectivity index (χ1) is 13.8. The van der Waals surface area contributed by atoms with Crippen molar-refractivity contribution in [3.05, 3.63) is 63.7 Å². The lowest BCUT2D eigenvalue weighted by molar-refractivity contribution is -0.119. The Balaban J connectivity index is 1.63. The third-order valence-electron chi connectivity index (χ3n) is 4.41. The normalized spacial score (nSPS) is 10.9. The monoisotopic (exact) mass is 410 g/mol. The van der Waals surface area contributed by atoms with Gasteiger partial charge in [0, 0.05) is 30.3 Å². The first-order valence-electron chi connectivity index (χ1n) is 9.28. The topological polar surface area (TPSA) is 96.0 Å². The molecule has 0 saturated carbocycles. The summed E-state index contributed by atoms with van der Waals surface area (Å²) in [5.41, 5.74) is 1.72. The van der Waals surface area contributed by atoms with Crippen molar-refractivity contribution in [3.63, 3.8) is 0 Å². The molecular formula is C21H22N4O3S. The van der Waals surface area contributed by atoms with E-state index < -0.39 is 0 Å². The van der Waals surface area contributed by atoms with Gasteiger partial charge in [-0.15, -0.1) is 0 Å². The quantitative estimate of drug-likeness (QED) is 0.540. The van der Waals surface area contributed by atoms with E-state index >= 15 is 0 Å². The van der Waals surface area contributed by atoms with Crippen molar-refractivity contribution in [1.29, 1.82) is 0 Å². The molecule has 0 aliphatic heterocycles. The number of hydrogen-bond acceptors (Lipinski definition) is 4. The van der Waals surface area contributed by atoms with Crippen LogP contribution in [-0.4, -0.2) is 21.4 Å². The number of amides is 2. The van der Waals surface area contributed by atoms with Crippen LogP contribution in [0.15, 0.2) is 53.3 Å². The molecular weight excluding hydrogens is 388 g/mol. The van der Waals surface area contributed by atoms with Gasteiger partial charge in [-0.2, -0.15) is 0 Å². The number of H-pyrrole nitrogens is 1. The summed E-state index contributed by atoms with van der Waals surface area (Å²) in [4.78, 5) is 39.6. The molecule has 3 rings (SSSR count). The lowest BCUT2D eigenvalue weighted by Gasteiger charge is -2.10. The molecule has 29 heavy (non-hydrogen) atoms. The SMILES string of the molecule is CC(C)C(=O)Nc1ccc(NC(=O)CCn2c(=S)[nH]c3ccccc3c2=O)cc1. The van der Waals surface area contributed by atoms with Gasteiger partial charge < -0.3 is 15.6 Å². The van der Waals surface area contributed by atoms with Crippen molar-refractivity contribution < 1.29 is 9.59 Å². The predicted octanol–water partition coefficient (Wildman–Crippen LogP) is 3.68. The molecule has 0 unspecified atom stereocenters. The van der Waals surface area contributed by atoms with E-state index in [1.807, 2.05) is 19.9 Å². The standard InChI is InChI=1S/C21H22N4O3S/c1-13(2)19(27)23-15-9-7-14(8-10-15)22-18(26)11-12-25-20(28)16-5-3-4-6-17(16)24-21(25)29/h3-10,13H,11-12H2,1-2H3,(H,22,26)(H,23,27)(H,24,29). The predicted molar refractivity (Wildman–Crippen MR) is 117 cm³/mol. The van der Waals surface area contributed by atoms with E-state index in [1.54, 1.807) is 42.5 Å². The van der Waals surface area contributed by atoms with Gasteiger partial charge in [0.25, 0.3) is 5.56 Å². The first kappa shape index (κ1) is 20.5. The number of benzene rings is 2. The van der Waals surface area contributed by atoms with Gasteiger partial charge in [-0.05, 0) is 48.6 Å². The van der Waals surface area contributed by atoms with Crippen molar-refractivity contribution in [2.75, 3.05) is 10.6 Å². The molecule has 1 heterocycles. The molecule has 8 heteroatoms. The number of rotatable bonds is 6. The number of hydrogen-bond donors (Lipinski definition) is 3. The van der Waals surface area contributed by atoms with Crippen LogP contribution in [0, 0.1) is 10.7 Å². The fourth-order valence-electron chi connectivity index (χ4n) is 2.76. The second kappa shape index (κ2) is 8.83. The Morgan fingerprint density at radius 3 is 2.31 bits per heavy atom. The van der Waals surface area contributed by atoms with Gasteiger partial charge in [-0.3, -0.25) is 19.0 Å². The lowest BCUT2D eigenvalue weighted by Crippen LogP contribution is -2.25. The molecule has 7 nitrogen and oxygen atoms in total. The van der Waals surface area contributed by atoms with E-state index in [4.69, 9.17) is 12.2 Å². The maximum Gasteiger partial charge on any atom is 0.262 e. The number of para-hydroxylation sites is 1. The van der Waals surface area contributed by atoms with Crippen LogP contribution in [0.25, 0.3) is 10.9 Å². The molecule has 2 amide bonds. The van der Waals surface area contributed by atoms with Gasteiger partial charge in [0.15, 0.2) is 4.77 Å². The Kier molecular flexibility index (Phi) is 6.23. The summed E-state index contributed by atoms with van der Waals surface area (Å²) < 4.78 is 1.67. The van der Waals surface area contributed by atoms with Crippen molar-refractivity contribution >= 4 is 46.3 Å². The van der Waals surface area contributed by atoms with Crippen LogP contribution in [0.5, 0.6) is 0 Å². The van der Waals surface area contributed by atoms with Gasteiger partial charge in [0.05, 0.1) is 10.9 Å². The van der Waals surface area contributed by atoms with Crippen LogP contribution in [0.2, 0.25) is 0 Å². The number of aromatic amines is 1. The number of anilines is 2. The molecule has 3 N–H and O–H groups in total. The highest BCUT2D eigenvalue weighted by molar-refractivity contribution is 7.71. The molecule has 0 saturated heterocycles. The molecule has 0 spiro atoms. The minimum absolute atomic E-state index is 0.0702. The van der Waals surface area contributed by atoms with Crippen LogP contribution in [0.1, 0.15) is 20.3 Å². The third kappa shape index (κ3) is 4.97. The third-order valence-corrected chi connectivity index (χ3v) is 4.73. The van der Waals surface area contributed by atoms with Gasteiger partial charge in [0.1, 0.15) is 0 Å². The van der Waals surface area contributed by atoms with Crippen molar-refractivity contribution in [3.8, 4) is 0 Å². The fraction of sp³-hybridized carbons (Fsp3) is 0.238. The second-order valence-electron chi connectivity index (χ2n) is 6.95. The molecule has 0 radical (unpaired) electrons. The molecule has 3 aromatic rings. The average Bonchev–Trinajstić information content (AvgIpc) is 2.69. The number of nitrogens with zero attached hydrogens (tertiary/aromatic N) is 1. The summed E-state index contributed by atoms with van der Waals surface area (Å²) in [7, 11) is 0. The molecule has 150 valence electrons. The highest BCUT2D eigenvalue weighted by Gasteiger charge is 2.09. The van der Waals surface area contributed by atoms with Crippen molar-refractivity contribution in [1.82, 2.24) is 9.55 Å². The Morgan fingerprint density at radius 1 is 1.03 bits per heavy atom. The minimum Gasteiger partial charge on any atom is -0.332 e. The zero-order valence-corrected chi connectivity index (χ0v) is 17.0. The van der Waals surface area contributed by atoms with Gasteiger partial charge in [-0.1, -0.05) is 26.0 Å². The molecule has 0 aliphatic carbocycles. The summed E-state index contributed by atoms with van der Waals surface area (Å²) in [6, 6.07) is 14.0. The first-order valence-corrected chi connectivity index (χ1v) is 9.68. The number of carbonyl (C=O) groups excluding carboxylic acids is 2. The van der Waals surface area contributed by atoms with Crippen LogP contribution < -0.4 is 16.2 Å². The number of nitrogens with one attached hydrogen (secondary N) is 3. The average molecular weight is 410 g/mol. The Bertz CT molecular complexity index is 1160. The molecule has 1 aromatic heterocycles. The van der Waals surface area contributed by atoms with E-state index in [0.29, 0.717) is 22.3 Å². The number of fused-ring (bicyclic) bond motifs is 1. The lowest BCUT2D eigenvalue weighted by atomic mass is 10.2. The van der Waals surface area contributed by atoms with Crippen LogP contribution >= 0.6 is 12.2 Å². The van der Waals surface area contributed by atoms with Gasteiger partial charge >= 0.3 is 0 Å². The van der Waals surface area contributed by atoms with E-state index in [1.165, 1.54) is 4.57 Å². The van der Waals surface area contributed by atoms with E-state index in [2.05, 4.69) is 15.6 Å². The summed E-state index contributed by atoms with van der Waals surface area (Å²) in [6.07, 6.45) is 0.0988. The van der Waals surface area contributed by atoms with Gasteiger partial charge in [-0.25, -0.2) is 0 Å².